The molecule has 0 aliphatic carbocycles. The Morgan fingerprint density at radius 2 is 1.88 bits per heavy atom. The Bertz CT molecular complexity index is 356. The molecule has 1 aromatic rings. The van der Waals surface area contributed by atoms with Crippen molar-refractivity contribution in [1.29, 1.82) is 0 Å². The van der Waals surface area contributed by atoms with Gasteiger partial charge in [-0.1, -0.05) is 30.3 Å². The van der Waals surface area contributed by atoms with E-state index in [1.54, 1.807) is 0 Å². The summed E-state index contributed by atoms with van der Waals surface area (Å²) >= 11 is 0. The van der Waals surface area contributed by atoms with E-state index in [0.29, 0.717) is 12.5 Å². The lowest BCUT2D eigenvalue weighted by Crippen LogP contribution is -2.40. The van der Waals surface area contributed by atoms with Crippen molar-refractivity contribution in [3.8, 4) is 0 Å². The van der Waals surface area contributed by atoms with Crippen molar-refractivity contribution in [3.63, 3.8) is 0 Å². The Hall–Kier alpha value is -1.19. The van der Waals surface area contributed by atoms with E-state index in [2.05, 4.69) is 4.90 Å². The fourth-order valence-corrected chi connectivity index (χ4v) is 2.20. The molecule has 0 atom stereocenters. The zero-order chi connectivity index (χ0) is 12.1. The van der Waals surface area contributed by atoms with Gasteiger partial charge < -0.3 is 10.6 Å². The normalized spacial score (nSPS) is 18.2. The van der Waals surface area contributed by atoms with Gasteiger partial charge in [-0.3, -0.25) is 4.79 Å². The molecule has 0 unspecified atom stereocenters. The standard InChI is InChI=1S/C14H20N2O/c15-13-6-9-16(10-7-13)11-8-14(17)12-4-2-1-3-5-12/h1-5,13H,6-11,15H2. The van der Waals surface area contributed by atoms with Crippen LogP contribution in [0.5, 0.6) is 0 Å². The Morgan fingerprint density at radius 3 is 2.53 bits per heavy atom. The number of likely N-dealkylation sites (tertiary alicyclic amines) is 1. The van der Waals surface area contributed by atoms with Gasteiger partial charge in [0.25, 0.3) is 0 Å². The highest BCUT2D eigenvalue weighted by Crippen LogP contribution is 2.10. The quantitative estimate of drug-likeness (QED) is 0.803. The number of nitrogens with two attached hydrogens (primary N) is 1. The molecule has 1 heterocycles. The third-order valence-corrected chi connectivity index (χ3v) is 3.38. The van der Waals surface area contributed by atoms with E-state index in [-0.39, 0.29) is 5.78 Å². The first-order valence-corrected chi connectivity index (χ1v) is 6.32. The lowest BCUT2D eigenvalue weighted by molar-refractivity contribution is 0.0957. The van der Waals surface area contributed by atoms with Gasteiger partial charge in [-0.2, -0.15) is 0 Å². The second-order valence-electron chi connectivity index (χ2n) is 4.72. The average Bonchev–Trinajstić information content (AvgIpc) is 2.39. The molecule has 1 aromatic carbocycles. The predicted molar refractivity (Wildman–Crippen MR) is 69.0 cm³/mol. The van der Waals surface area contributed by atoms with Crippen LogP contribution in [0, 0.1) is 0 Å². The number of carbonyl (C=O) groups excluding carboxylic acids is 1. The molecule has 0 bridgehead atoms. The third-order valence-electron chi connectivity index (χ3n) is 3.38. The van der Waals surface area contributed by atoms with Gasteiger partial charge in [0.15, 0.2) is 5.78 Å². The van der Waals surface area contributed by atoms with E-state index in [1.807, 2.05) is 30.3 Å². The van der Waals surface area contributed by atoms with E-state index >= 15 is 0 Å². The number of hydrogen-bond acceptors (Lipinski definition) is 3. The van der Waals surface area contributed by atoms with Crippen LogP contribution in [0.25, 0.3) is 0 Å². The van der Waals surface area contributed by atoms with E-state index in [0.717, 1.165) is 38.0 Å². The topological polar surface area (TPSA) is 46.3 Å². The van der Waals surface area contributed by atoms with Gasteiger partial charge in [0.05, 0.1) is 0 Å². The second kappa shape index (κ2) is 5.94. The number of nitrogens with zero attached hydrogens (tertiary/aromatic N) is 1. The smallest absolute Gasteiger partial charge is 0.164 e. The molecule has 1 aliphatic heterocycles. The van der Waals surface area contributed by atoms with Gasteiger partial charge in [0, 0.05) is 24.6 Å². The first kappa shape index (κ1) is 12.3. The van der Waals surface area contributed by atoms with E-state index in [4.69, 9.17) is 5.73 Å². The molecule has 3 nitrogen and oxygen atoms in total. The van der Waals surface area contributed by atoms with Crippen molar-refractivity contribution in [2.75, 3.05) is 19.6 Å². The van der Waals surface area contributed by atoms with Gasteiger partial charge in [-0.05, 0) is 25.9 Å². The molecule has 2 rings (SSSR count). The monoisotopic (exact) mass is 232 g/mol. The van der Waals surface area contributed by atoms with E-state index < -0.39 is 0 Å². The molecule has 0 spiro atoms. The lowest BCUT2D eigenvalue weighted by Gasteiger charge is -2.29. The molecule has 17 heavy (non-hydrogen) atoms. The Balaban J connectivity index is 1.77. The summed E-state index contributed by atoms with van der Waals surface area (Å²) in [7, 11) is 0. The average molecular weight is 232 g/mol. The van der Waals surface area contributed by atoms with Crippen molar-refractivity contribution < 1.29 is 4.79 Å². The van der Waals surface area contributed by atoms with Crippen LogP contribution in [-0.4, -0.2) is 36.4 Å². The maximum atomic E-state index is 11.9. The van der Waals surface area contributed by atoms with Crippen LogP contribution >= 0.6 is 0 Å². The number of piperidine rings is 1. The highest BCUT2D eigenvalue weighted by molar-refractivity contribution is 5.96. The number of benzene rings is 1. The number of rotatable bonds is 4. The van der Waals surface area contributed by atoms with Crippen LogP contribution in [0.15, 0.2) is 30.3 Å². The third kappa shape index (κ3) is 3.65. The Labute approximate surface area is 103 Å². The van der Waals surface area contributed by atoms with Crippen molar-refractivity contribution in [2.24, 2.45) is 5.73 Å². The largest absolute Gasteiger partial charge is 0.328 e. The summed E-state index contributed by atoms with van der Waals surface area (Å²) in [5, 5.41) is 0. The highest BCUT2D eigenvalue weighted by atomic mass is 16.1. The van der Waals surface area contributed by atoms with Crippen LogP contribution in [0.2, 0.25) is 0 Å². The second-order valence-corrected chi connectivity index (χ2v) is 4.72. The first-order chi connectivity index (χ1) is 8.25. The fraction of sp³-hybridized carbons (Fsp3) is 0.500. The summed E-state index contributed by atoms with van der Waals surface area (Å²) in [6, 6.07) is 9.88. The summed E-state index contributed by atoms with van der Waals surface area (Å²) in [5.74, 6) is 0.237. The molecule has 1 aliphatic rings. The first-order valence-electron chi connectivity index (χ1n) is 6.32. The van der Waals surface area contributed by atoms with Crippen LogP contribution in [0.4, 0.5) is 0 Å². The van der Waals surface area contributed by atoms with E-state index in [9.17, 15) is 4.79 Å². The molecule has 1 saturated heterocycles. The summed E-state index contributed by atoms with van der Waals surface area (Å²) in [5.41, 5.74) is 6.67. The minimum atomic E-state index is 0.237. The van der Waals surface area contributed by atoms with Crippen molar-refractivity contribution in [3.05, 3.63) is 35.9 Å². The summed E-state index contributed by atoms with van der Waals surface area (Å²) in [4.78, 5) is 14.2. The highest BCUT2D eigenvalue weighted by Gasteiger charge is 2.16. The van der Waals surface area contributed by atoms with Crippen molar-refractivity contribution in [1.82, 2.24) is 4.90 Å². The van der Waals surface area contributed by atoms with Crippen molar-refractivity contribution in [2.45, 2.75) is 25.3 Å². The summed E-state index contributed by atoms with van der Waals surface area (Å²) < 4.78 is 0. The maximum Gasteiger partial charge on any atom is 0.164 e. The molecule has 1 fully saturated rings. The molecule has 0 amide bonds. The SMILES string of the molecule is NC1CCN(CCC(=O)c2ccccc2)CC1. The molecule has 2 N–H and O–H groups in total. The van der Waals surface area contributed by atoms with Gasteiger partial charge in [-0.15, -0.1) is 0 Å². The molecule has 3 heteroatoms. The summed E-state index contributed by atoms with van der Waals surface area (Å²) in [6.45, 7) is 2.92. The molecular formula is C14H20N2O. The fourth-order valence-electron chi connectivity index (χ4n) is 2.20. The molecule has 0 radical (unpaired) electrons. The van der Waals surface area contributed by atoms with Gasteiger partial charge in [0.2, 0.25) is 0 Å². The lowest BCUT2D eigenvalue weighted by atomic mass is 10.0. The molecular weight excluding hydrogens is 212 g/mol. The minimum absolute atomic E-state index is 0.237. The van der Waals surface area contributed by atoms with Crippen LogP contribution in [-0.2, 0) is 0 Å². The van der Waals surface area contributed by atoms with Crippen molar-refractivity contribution >= 4 is 5.78 Å². The number of hydrogen-bond donors (Lipinski definition) is 1. The molecule has 0 saturated carbocycles. The molecule has 92 valence electrons. The van der Waals surface area contributed by atoms with Gasteiger partial charge in [-0.25, -0.2) is 0 Å². The Morgan fingerprint density at radius 1 is 1.24 bits per heavy atom. The van der Waals surface area contributed by atoms with Gasteiger partial charge in [0.1, 0.15) is 0 Å². The zero-order valence-corrected chi connectivity index (χ0v) is 10.1. The Kier molecular flexibility index (Phi) is 4.29. The molecule has 0 aromatic heterocycles. The number of ketones is 1. The van der Waals surface area contributed by atoms with E-state index in [1.165, 1.54) is 0 Å². The number of carbonyl (C=O) groups is 1. The van der Waals surface area contributed by atoms with Crippen LogP contribution in [0.1, 0.15) is 29.6 Å². The zero-order valence-electron chi connectivity index (χ0n) is 10.1. The number of Topliss-reactive ketones (excluding diaryl/α,β-unsaturated/α-hetero) is 1. The predicted octanol–water partition coefficient (Wildman–Crippen LogP) is 1.68. The summed E-state index contributed by atoms with van der Waals surface area (Å²) in [6.07, 6.45) is 2.72. The minimum Gasteiger partial charge on any atom is -0.328 e. The van der Waals surface area contributed by atoms with Crippen LogP contribution in [0.3, 0.4) is 0 Å². The van der Waals surface area contributed by atoms with Gasteiger partial charge >= 0.3 is 0 Å². The maximum absolute atomic E-state index is 11.9. The van der Waals surface area contributed by atoms with Crippen LogP contribution < -0.4 is 5.73 Å².